The molecule has 3 rings (SSSR count). The Kier molecular flexibility index (Phi) is 2.33. The van der Waals surface area contributed by atoms with Crippen molar-refractivity contribution in [3.8, 4) is 11.5 Å². The topological polar surface area (TPSA) is 92.5 Å². The average molecular weight is 240 g/mol. The van der Waals surface area contributed by atoms with Gasteiger partial charge in [0.2, 0.25) is 0 Å². The molecular formula is C12H12N6. The van der Waals surface area contributed by atoms with Gasteiger partial charge in [-0.05, 0) is 24.3 Å². The van der Waals surface area contributed by atoms with Crippen molar-refractivity contribution >= 4 is 22.7 Å². The van der Waals surface area contributed by atoms with E-state index in [1.165, 1.54) is 0 Å². The summed E-state index contributed by atoms with van der Waals surface area (Å²) in [7, 11) is 1.82. The molecule has 0 radical (unpaired) electrons. The van der Waals surface area contributed by atoms with Crippen LogP contribution in [0.4, 0.5) is 11.5 Å². The van der Waals surface area contributed by atoms with E-state index < -0.39 is 0 Å². The van der Waals surface area contributed by atoms with E-state index >= 15 is 0 Å². The number of hydrogen-bond donors (Lipinski definition) is 3. The number of hydrogen-bond acceptors (Lipinski definition) is 5. The van der Waals surface area contributed by atoms with Gasteiger partial charge in [-0.3, -0.25) is 4.98 Å². The van der Waals surface area contributed by atoms with Crippen LogP contribution in [0, 0.1) is 0 Å². The minimum absolute atomic E-state index is 0.630. The molecule has 6 heteroatoms. The fraction of sp³-hybridized carbons (Fsp3) is 0.0833. The summed E-state index contributed by atoms with van der Waals surface area (Å²) in [6.07, 6.45) is 1.61. The molecule has 0 atom stereocenters. The molecule has 0 saturated heterocycles. The summed E-state index contributed by atoms with van der Waals surface area (Å²) < 4.78 is 0. The Balaban J connectivity index is 2.10. The van der Waals surface area contributed by atoms with Gasteiger partial charge in [-0.15, -0.1) is 0 Å². The van der Waals surface area contributed by atoms with Crippen molar-refractivity contribution in [2.45, 2.75) is 0 Å². The quantitative estimate of drug-likeness (QED) is 0.633. The fourth-order valence-electron chi connectivity index (χ4n) is 1.70. The zero-order valence-electron chi connectivity index (χ0n) is 9.81. The number of nitrogens with zero attached hydrogens (tertiary/aromatic N) is 3. The van der Waals surface area contributed by atoms with Crippen molar-refractivity contribution in [3.05, 3.63) is 30.5 Å². The summed E-state index contributed by atoms with van der Waals surface area (Å²) in [5, 5.41) is 2.98. The van der Waals surface area contributed by atoms with E-state index in [1.807, 2.05) is 25.2 Å². The molecule has 0 fully saturated rings. The lowest BCUT2D eigenvalue weighted by atomic mass is 10.3. The third-order valence-electron chi connectivity index (χ3n) is 2.63. The Bertz CT molecular complexity index is 685. The Labute approximate surface area is 103 Å². The highest BCUT2D eigenvalue weighted by molar-refractivity contribution is 5.76. The van der Waals surface area contributed by atoms with Crippen molar-refractivity contribution in [1.29, 1.82) is 0 Å². The molecule has 0 aromatic carbocycles. The molecule has 90 valence electrons. The van der Waals surface area contributed by atoms with Gasteiger partial charge in [0.25, 0.3) is 0 Å². The summed E-state index contributed by atoms with van der Waals surface area (Å²) in [5.41, 5.74) is 8.52. The first kappa shape index (κ1) is 10.5. The van der Waals surface area contributed by atoms with Gasteiger partial charge in [-0.1, -0.05) is 0 Å². The van der Waals surface area contributed by atoms with Crippen LogP contribution in [0.2, 0.25) is 0 Å². The maximum absolute atomic E-state index is 5.60. The number of fused-ring (bicyclic) bond motifs is 1. The Hall–Kier alpha value is -2.63. The molecule has 3 aromatic rings. The highest BCUT2D eigenvalue weighted by atomic mass is 15.0. The number of pyridine rings is 2. The fourth-order valence-corrected chi connectivity index (χ4v) is 1.70. The van der Waals surface area contributed by atoms with Crippen LogP contribution in [-0.2, 0) is 0 Å². The first-order valence-corrected chi connectivity index (χ1v) is 5.52. The highest BCUT2D eigenvalue weighted by Crippen LogP contribution is 2.19. The van der Waals surface area contributed by atoms with Crippen molar-refractivity contribution < 1.29 is 0 Å². The second kappa shape index (κ2) is 3.99. The van der Waals surface area contributed by atoms with Crippen LogP contribution >= 0.6 is 0 Å². The van der Waals surface area contributed by atoms with Gasteiger partial charge < -0.3 is 16.0 Å². The summed E-state index contributed by atoms with van der Waals surface area (Å²) in [5.74, 6) is 1.47. The SMILES string of the molecule is CNc1ccc2[nH]c(-c3ccc(N)cn3)nc2n1. The van der Waals surface area contributed by atoms with E-state index in [2.05, 4.69) is 25.3 Å². The molecule has 0 aliphatic rings. The third-order valence-corrected chi connectivity index (χ3v) is 2.63. The summed E-state index contributed by atoms with van der Waals surface area (Å²) in [6.45, 7) is 0. The standard InChI is InChI=1S/C12H12N6/c1-14-10-5-4-9-12(17-10)18-11(16-9)8-3-2-7(13)6-15-8/h2-6H,13H2,1H3,(H2,14,16,17,18). The molecule has 18 heavy (non-hydrogen) atoms. The van der Waals surface area contributed by atoms with Gasteiger partial charge in [0.1, 0.15) is 11.5 Å². The molecule has 0 aliphatic carbocycles. The van der Waals surface area contributed by atoms with E-state index in [0.717, 1.165) is 17.0 Å². The molecular weight excluding hydrogens is 228 g/mol. The summed E-state index contributed by atoms with van der Waals surface area (Å²) >= 11 is 0. The monoisotopic (exact) mass is 240 g/mol. The van der Waals surface area contributed by atoms with Crippen LogP contribution < -0.4 is 11.1 Å². The normalized spacial score (nSPS) is 10.7. The van der Waals surface area contributed by atoms with Crippen LogP contribution in [0.3, 0.4) is 0 Å². The van der Waals surface area contributed by atoms with Crippen molar-refractivity contribution in [3.63, 3.8) is 0 Å². The molecule has 6 nitrogen and oxygen atoms in total. The average Bonchev–Trinajstić information content (AvgIpc) is 2.82. The molecule has 0 unspecified atom stereocenters. The molecule has 3 heterocycles. The second-order valence-electron chi connectivity index (χ2n) is 3.88. The van der Waals surface area contributed by atoms with Crippen molar-refractivity contribution in [2.24, 2.45) is 0 Å². The van der Waals surface area contributed by atoms with Crippen LogP contribution in [0.5, 0.6) is 0 Å². The van der Waals surface area contributed by atoms with Crippen molar-refractivity contribution in [2.75, 3.05) is 18.1 Å². The van der Waals surface area contributed by atoms with Crippen LogP contribution in [0.1, 0.15) is 0 Å². The number of nitrogens with two attached hydrogens (primary N) is 1. The Morgan fingerprint density at radius 3 is 2.78 bits per heavy atom. The zero-order chi connectivity index (χ0) is 12.5. The smallest absolute Gasteiger partial charge is 0.180 e. The van der Waals surface area contributed by atoms with Gasteiger partial charge in [0.15, 0.2) is 11.5 Å². The minimum Gasteiger partial charge on any atom is -0.397 e. The predicted octanol–water partition coefficient (Wildman–Crippen LogP) is 1.64. The van der Waals surface area contributed by atoms with Crippen LogP contribution in [-0.4, -0.2) is 27.0 Å². The van der Waals surface area contributed by atoms with Gasteiger partial charge in [0, 0.05) is 7.05 Å². The maximum Gasteiger partial charge on any atom is 0.180 e. The first-order chi connectivity index (χ1) is 8.76. The third kappa shape index (κ3) is 1.73. The van der Waals surface area contributed by atoms with E-state index in [-0.39, 0.29) is 0 Å². The summed E-state index contributed by atoms with van der Waals surface area (Å²) in [6, 6.07) is 7.44. The van der Waals surface area contributed by atoms with Crippen LogP contribution in [0.25, 0.3) is 22.7 Å². The van der Waals surface area contributed by atoms with Crippen molar-refractivity contribution in [1.82, 2.24) is 19.9 Å². The van der Waals surface area contributed by atoms with E-state index in [1.54, 1.807) is 12.3 Å². The van der Waals surface area contributed by atoms with Crippen LogP contribution in [0.15, 0.2) is 30.5 Å². The molecule has 3 aromatic heterocycles. The number of rotatable bonds is 2. The van der Waals surface area contributed by atoms with E-state index in [9.17, 15) is 0 Å². The summed E-state index contributed by atoms with van der Waals surface area (Å²) in [4.78, 5) is 16.2. The van der Waals surface area contributed by atoms with E-state index in [0.29, 0.717) is 17.2 Å². The zero-order valence-corrected chi connectivity index (χ0v) is 9.81. The minimum atomic E-state index is 0.630. The number of anilines is 2. The largest absolute Gasteiger partial charge is 0.397 e. The van der Waals surface area contributed by atoms with Gasteiger partial charge in [-0.25, -0.2) is 9.97 Å². The highest BCUT2D eigenvalue weighted by Gasteiger charge is 2.07. The first-order valence-electron chi connectivity index (χ1n) is 5.52. The molecule has 0 aliphatic heterocycles. The van der Waals surface area contributed by atoms with Gasteiger partial charge >= 0.3 is 0 Å². The van der Waals surface area contributed by atoms with Gasteiger partial charge in [0.05, 0.1) is 17.4 Å². The van der Waals surface area contributed by atoms with Gasteiger partial charge in [-0.2, -0.15) is 0 Å². The number of imidazole rings is 1. The lowest BCUT2D eigenvalue weighted by molar-refractivity contribution is 1.23. The lowest BCUT2D eigenvalue weighted by Gasteiger charge is -1.95. The molecule has 0 amide bonds. The number of aromatic nitrogens is 4. The number of nitrogen functional groups attached to an aromatic ring is 1. The molecule has 4 N–H and O–H groups in total. The molecule has 0 bridgehead atoms. The molecule has 0 spiro atoms. The van der Waals surface area contributed by atoms with E-state index in [4.69, 9.17) is 5.73 Å². The second-order valence-corrected chi connectivity index (χ2v) is 3.88. The lowest BCUT2D eigenvalue weighted by Crippen LogP contribution is -1.91. The Morgan fingerprint density at radius 2 is 2.06 bits per heavy atom. The number of nitrogens with one attached hydrogen (secondary N) is 2. The number of aromatic amines is 1. The Morgan fingerprint density at radius 1 is 1.17 bits per heavy atom. The maximum atomic E-state index is 5.60. The number of H-pyrrole nitrogens is 1. The molecule has 0 saturated carbocycles. The predicted molar refractivity (Wildman–Crippen MR) is 71.1 cm³/mol.